The van der Waals surface area contributed by atoms with Crippen molar-refractivity contribution in [3.05, 3.63) is 65.5 Å². The lowest BCUT2D eigenvalue weighted by molar-refractivity contribution is 0.184. The highest BCUT2D eigenvalue weighted by atomic mass is 19.1. The van der Waals surface area contributed by atoms with Crippen molar-refractivity contribution in [2.45, 2.75) is 45.2 Å². The Morgan fingerprint density at radius 3 is 2.81 bits per heavy atom. The highest BCUT2D eigenvalue weighted by Gasteiger charge is 2.28. The van der Waals surface area contributed by atoms with E-state index in [0.717, 1.165) is 47.7 Å². The van der Waals surface area contributed by atoms with Gasteiger partial charge in [0.2, 0.25) is 0 Å². The van der Waals surface area contributed by atoms with E-state index in [1.807, 2.05) is 31.2 Å². The largest absolute Gasteiger partial charge is 0.322 e. The molecule has 0 unspecified atom stereocenters. The van der Waals surface area contributed by atoms with Crippen LogP contribution in [0, 0.1) is 12.7 Å². The number of urea groups is 1. The Morgan fingerprint density at radius 2 is 2.00 bits per heavy atom. The van der Waals surface area contributed by atoms with Gasteiger partial charge in [0.1, 0.15) is 5.82 Å². The number of carbonyl (C=O) groups excluding carboxylic acids is 1. The molecule has 1 aliphatic carbocycles. The molecule has 0 saturated heterocycles. The summed E-state index contributed by atoms with van der Waals surface area (Å²) in [5.74, 6) is -0.452. The van der Waals surface area contributed by atoms with Crippen molar-refractivity contribution in [1.82, 2.24) is 24.9 Å². The summed E-state index contributed by atoms with van der Waals surface area (Å²) in [6, 6.07) is 14.2. The molecule has 5 rings (SSSR count). The number of hydrogen-bond acceptors (Lipinski definition) is 4. The predicted octanol–water partition coefficient (Wildman–Crippen LogP) is 4.70. The van der Waals surface area contributed by atoms with E-state index in [2.05, 4.69) is 20.8 Å². The number of para-hydroxylation sites is 1. The minimum atomic E-state index is -0.452. The van der Waals surface area contributed by atoms with Gasteiger partial charge in [-0.15, -0.1) is 5.10 Å². The summed E-state index contributed by atoms with van der Waals surface area (Å²) in [7, 11) is 0. The van der Waals surface area contributed by atoms with Crippen LogP contribution in [-0.4, -0.2) is 37.0 Å². The van der Waals surface area contributed by atoms with E-state index in [0.29, 0.717) is 12.2 Å². The number of nitrogens with zero attached hydrogens (tertiary/aromatic N) is 5. The second-order valence-electron chi connectivity index (χ2n) is 8.12. The summed E-state index contributed by atoms with van der Waals surface area (Å²) >= 11 is 0. The van der Waals surface area contributed by atoms with Gasteiger partial charge in [0, 0.05) is 17.0 Å². The summed E-state index contributed by atoms with van der Waals surface area (Å²) < 4.78 is 15.8. The first-order valence-corrected chi connectivity index (χ1v) is 10.5. The first-order chi connectivity index (χ1) is 15.1. The molecule has 4 aromatic rings. The van der Waals surface area contributed by atoms with Crippen molar-refractivity contribution in [1.29, 1.82) is 0 Å². The first kappa shape index (κ1) is 19.4. The van der Waals surface area contributed by atoms with Crippen LogP contribution in [0.25, 0.3) is 16.6 Å². The fourth-order valence-electron chi connectivity index (χ4n) is 4.39. The molecule has 1 aliphatic rings. The van der Waals surface area contributed by atoms with Crippen molar-refractivity contribution in [3.63, 3.8) is 0 Å². The third kappa shape index (κ3) is 3.69. The van der Waals surface area contributed by atoms with E-state index in [4.69, 9.17) is 0 Å². The molecule has 2 heterocycles. The Labute approximate surface area is 178 Å². The van der Waals surface area contributed by atoms with Crippen LogP contribution in [-0.2, 0) is 6.54 Å². The number of carbonyl (C=O) groups is 1. The number of aromatic nitrogens is 4. The van der Waals surface area contributed by atoms with E-state index in [9.17, 15) is 9.18 Å². The van der Waals surface area contributed by atoms with Crippen LogP contribution in [0.3, 0.4) is 0 Å². The molecular formula is C23H23FN6O. The molecule has 2 aromatic carbocycles. The Morgan fingerprint density at radius 1 is 1.19 bits per heavy atom. The molecule has 1 saturated carbocycles. The number of hydrogen-bond donors (Lipinski definition) is 1. The molecule has 7 nitrogen and oxygen atoms in total. The molecule has 0 atom stereocenters. The fourth-order valence-corrected chi connectivity index (χ4v) is 4.39. The zero-order valence-electron chi connectivity index (χ0n) is 17.3. The van der Waals surface area contributed by atoms with E-state index < -0.39 is 5.82 Å². The summed E-state index contributed by atoms with van der Waals surface area (Å²) in [4.78, 5) is 15.0. The minimum Gasteiger partial charge on any atom is -0.317 e. The Bertz CT molecular complexity index is 1260. The highest BCUT2D eigenvalue weighted by molar-refractivity contribution is 5.90. The number of amides is 2. The van der Waals surface area contributed by atoms with Crippen LogP contribution in [0.15, 0.2) is 48.5 Å². The lowest BCUT2D eigenvalue weighted by Crippen LogP contribution is -2.41. The number of pyridine rings is 1. The van der Waals surface area contributed by atoms with Gasteiger partial charge in [0.15, 0.2) is 5.65 Å². The Hall–Kier alpha value is -3.55. The van der Waals surface area contributed by atoms with Gasteiger partial charge in [-0.05, 0) is 60.0 Å². The van der Waals surface area contributed by atoms with E-state index in [1.165, 1.54) is 6.07 Å². The Balaban J connectivity index is 1.52. The number of aryl methyl sites for hydroxylation is 1. The topological polar surface area (TPSA) is 75.4 Å². The maximum atomic E-state index is 14.1. The van der Waals surface area contributed by atoms with Gasteiger partial charge in [0.25, 0.3) is 0 Å². The maximum absolute atomic E-state index is 14.1. The zero-order valence-corrected chi connectivity index (χ0v) is 17.3. The van der Waals surface area contributed by atoms with E-state index in [-0.39, 0.29) is 17.8 Å². The quantitative estimate of drug-likeness (QED) is 0.521. The number of halogens is 1. The minimum absolute atomic E-state index is 0.0939. The van der Waals surface area contributed by atoms with Crippen LogP contribution < -0.4 is 5.32 Å². The molecule has 0 bridgehead atoms. The summed E-state index contributed by atoms with van der Waals surface area (Å²) in [5, 5.41) is 16.0. The second kappa shape index (κ2) is 7.94. The SMILES string of the molecule is Cc1ccc2cc(CN(C(=O)Nc3ccccc3F)C3CCCC3)c3nnnn3c2c1. The number of benzene rings is 2. The van der Waals surface area contributed by atoms with Crippen LogP contribution in [0.5, 0.6) is 0 Å². The van der Waals surface area contributed by atoms with Crippen molar-refractivity contribution in [3.8, 4) is 0 Å². The van der Waals surface area contributed by atoms with Gasteiger partial charge >= 0.3 is 6.03 Å². The number of anilines is 1. The zero-order chi connectivity index (χ0) is 21.4. The predicted molar refractivity (Wildman–Crippen MR) is 116 cm³/mol. The first-order valence-electron chi connectivity index (χ1n) is 10.5. The van der Waals surface area contributed by atoms with Gasteiger partial charge in [0.05, 0.1) is 17.7 Å². The maximum Gasteiger partial charge on any atom is 0.322 e. The molecular weight excluding hydrogens is 395 g/mol. The molecule has 2 amide bonds. The van der Waals surface area contributed by atoms with Crippen molar-refractivity contribution in [2.75, 3.05) is 5.32 Å². The molecule has 0 aliphatic heterocycles. The summed E-state index contributed by atoms with van der Waals surface area (Å²) in [5.41, 5.74) is 3.70. The third-order valence-electron chi connectivity index (χ3n) is 5.98. The third-order valence-corrected chi connectivity index (χ3v) is 5.98. The summed E-state index contributed by atoms with van der Waals surface area (Å²) in [6.07, 6.45) is 4.01. The molecule has 158 valence electrons. The van der Waals surface area contributed by atoms with Gasteiger partial charge < -0.3 is 10.2 Å². The molecule has 31 heavy (non-hydrogen) atoms. The van der Waals surface area contributed by atoms with Crippen LogP contribution in [0.2, 0.25) is 0 Å². The smallest absolute Gasteiger partial charge is 0.317 e. The summed E-state index contributed by atoms with van der Waals surface area (Å²) in [6.45, 7) is 2.37. The number of rotatable bonds is 4. The highest BCUT2D eigenvalue weighted by Crippen LogP contribution is 2.28. The van der Waals surface area contributed by atoms with E-state index in [1.54, 1.807) is 27.6 Å². The monoisotopic (exact) mass is 418 g/mol. The van der Waals surface area contributed by atoms with Crippen molar-refractivity contribution < 1.29 is 9.18 Å². The second-order valence-corrected chi connectivity index (χ2v) is 8.12. The van der Waals surface area contributed by atoms with Gasteiger partial charge in [-0.1, -0.05) is 37.1 Å². The van der Waals surface area contributed by atoms with E-state index >= 15 is 0 Å². The lowest BCUT2D eigenvalue weighted by atomic mass is 10.1. The number of fused-ring (bicyclic) bond motifs is 3. The van der Waals surface area contributed by atoms with Gasteiger partial charge in [-0.3, -0.25) is 0 Å². The number of nitrogens with one attached hydrogen (secondary N) is 1. The van der Waals surface area contributed by atoms with Gasteiger partial charge in [-0.2, -0.15) is 4.52 Å². The average Bonchev–Trinajstić information content (AvgIpc) is 3.46. The normalized spacial score (nSPS) is 14.4. The molecule has 2 aromatic heterocycles. The van der Waals surface area contributed by atoms with Crippen LogP contribution in [0.1, 0.15) is 36.8 Å². The van der Waals surface area contributed by atoms with Crippen molar-refractivity contribution >= 4 is 28.3 Å². The van der Waals surface area contributed by atoms with Crippen molar-refractivity contribution in [2.24, 2.45) is 0 Å². The standard InChI is InChI=1S/C23H23FN6O/c1-15-10-11-16-13-17(22-26-27-28-30(22)21(16)12-15)14-29(18-6-2-3-7-18)23(31)25-20-9-5-4-8-19(20)24/h4-5,8-13,18H,2-3,6-7,14H2,1H3,(H,25,31). The van der Waals surface area contributed by atoms with Gasteiger partial charge in [-0.25, -0.2) is 9.18 Å². The molecule has 1 N–H and O–H groups in total. The molecule has 8 heteroatoms. The Kier molecular flexibility index (Phi) is 4.97. The molecule has 0 spiro atoms. The fraction of sp³-hybridized carbons (Fsp3) is 0.304. The molecule has 0 radical (unpaired) electrons. The van der Waals surface area contributed by atoms with Crippen LogP contribution in [0.4, 0.5) is 14.9 Å². The van der Waals surface area contributed by atoms with Crippen LogP contribution >= 0.6 is 0 Å². The number of tetrazole rings is 1. The molecule has 1 fully saturated rings. The average molecular weight is 418 g/mol. The lowest BCUT2D eigenvalue weighted by Gasteiger charge is -2.29.